The Morgan fingerprint density at radius 2 is 2.29 bits per heavy atom. The lowest BCUT2D eigenvalue weighted by atomic mass is 10.2. The first-order valence-corrected chi connectivity index (χ1v) is 7.93. The van der Waals surface area contributed by atoms with Crippen LogP contribution in [0.25, 0.3) is 10.2 Å². The van der Waals surface area contributed by atoms with Gasteiger partial charge in [0.15, 0.2) is 0 Å². The molecule has 0 aliphatic heterocycles. The van der Waals surface area contributed by atoms with Gasteiger partial charge in [0.1, 0.15) is 10.4 Å². The summed E-state index contributed by atoms with van der Waals surface area (Å²) in [5, 5.41) is 15.7. The molecule has 0 spiro atoms. The van der Waals surface area contributed by atoms with Crippen molar-refractivity contribution in [3.8, 4) is 5.75 Å². The molecular formula is C15H20N2O3S. The summed E-state index contributed by atoms with van der Waals surface area (Å²) in [5.74, 6) is 0.792. The van der Waals surface area contributed by atoms with E-state index in [2.05, 4.69) is 12.2 Å². The summed E-state index contributed by atoms with van der Waals surface area (Å²) in [6.07, 6.45) is 3.00. The molecule has 0 saturated heterocycles. The number of nitrogens with zero attached hydrogens (tertiary/aromatic N) is 1. The van der Waals surface area contributed by atoms with Crippen LogP contribution in [-0.2, 0) is 11.2 Å². The topological polar surface area (TPSA) is 65.3 Å². The van der Waals surface area contributed by atoms with Crippen LogP contribution in [0.15, 0.2) is 18.2 Å². The average molecular weight is 308 g/mol. The number of thiazole rings is 1. The van der Waals surface area contributed by atoms with Gasteiger partial charge in [0.05, 0.1) is 13.5 Å². The second-order valence-corrected chi connectivity index (χ2v) is 5.94. The van der Waals surface area contributed by atoms with Crippen molar-refractivity contribution in [1.82, 2.24) is 5.32 Å². The van der Waals surface area contributed by atoms with Gasteiger partial charge in [0.25, 0.3) is 5.01 Å². The van der Waals surface area contributed by atoms with Crippen molar-refractivity contribution in [2.24, 2.45) is 0 Å². The number of aromatic nitrogens is 1. The summed E-state index contributed by atoms with van der Waals surface area (Å²) in [6, 6.07) is 5.40. The van der Waals surface area contributed by atoms with E-state index in [9.17, 15) is 10.0 Å². The second-order valence-electron chi connectivity index (χ2n) is 4.83. The number of rotatable bonds is 7. The number of carbonyl (C=O) groups excluding carboxylic acids is 1. The molecule has 0 atom stereocenters. The maximum absolute atomic E-state index is 12.1. The van der Waals surface area contributed by atoms with E-state index in [-0.39, 0.29) is 5.91 Å². The number of amides is 1. The maximum atomic E-state index is 12.1. The maximum Gasteiger partial charge on any atom is 0.251 e. The minimum atomic E-state index is 0.0529. The van der Waals surface area contributed by atoms with Crippen molar-refractivity contribution in [2.45, 2.75) is 32.6 Å². The molecule has 2 aromatic rings. The van der Waals surface area contributed by atoms with E-state index in [1.54, 1.807) is 19.2 Å². The van der Waals surface area contributed by atoms with Crippen molar-refractivity contribution in [3.63, 3.8) is 0 Å². The van der Waals surface area contributed by atoms with E-state index in [0.29, 0.717) is 29.9 Å². The minimum absolute atomic E-state index is 0.0529. The molecule has 0 aliphatic carbocycles. The Balaban J connectivity index is 1.99. The molecule has 0 aliphatic rings. The summed E-state index contributed by atoms with van der Waals surface area (Å²) >= 11 is 1.44. The molecule has 1 amide bonds. The number of hydrogen-bond donors (Lipinski definition) is 1. The van der Waals surface area contributed by atoms with Gasteiger partial charge in [-0.25, -0.2) is 0 Å². The third kappa shape index (κ3) is 3.85. The molecule has 5 nitrogen and oxygen atoms in total. The highest BCUT2D eigenvalue weighted by Crippen LogP contribution is 2.24. The predicted molar refractivity (Wildman–Crippen MR) is 83.6 cm³/mol. The van der Waals surface area contributed by atoms with Crippen molar-refractivity contribution in [3.05, 3.63) is 28.4 Å². The van der Waals surface area contributed by atoms with Gasteiger partial charge in [-0.05, 0) is 12.5 Å². The molecule has 21 heavy (non-hydrogen) atoms. The van der Waals surface area contributed by atoms with Crippen LogP contribution in [0.5, 0.6) is 5.75 Å². The minimum Gasteiger partial charge on any atom is -0.617 e. The van der Waals surface area contributed by atoms with Crippen LogP contribution >= 0.6 is 11.3 Å². The van der Waals surface area contributed by atoms with E-state index < -0.39 is 0 Å². The standard InChI is InChI=1S/C15H20N2O3S/c1-3-4-5-14(18)16-9-8-15-17(19)12-7-6-11(20-2)10-13(12)21-15/h6-7,10H,3-5,8-9H2,1-2H3,(H,16,18). The number of hydrogen-bond acceptors (Lipinski definition) is 4. The average Bonchev–Trinajstić information content (AvgIpc) is 2.81. The Bertz CT molecular complexity index is 625. The SMILES string of the molecule is CCCCC(=O)NCCc1sc2cc(OC)ccc2[n+]1[O-]. The summed E-state index contributed by atoms with van der Waals surface area (Å²) in [5.41, 5.74) is 0.646. The van der Waals surface area contributed by atoms with Crippen LogP contribution in [0.1, 0.15) is 31.2 Å². The summed E-state index contributed by atoms with van der Waals surface area (Å²) < 4.78 is 7.00. The highest BCUT2D eigenvalue weighted by atomic mass is 32.1. The van der Waals surface area contributed by atoms with Crippen molar-refractivity contribution in [2.75, 3.05) is 13.7 Å². The lowest BCUT2D eigenvalue weighted by Crippen LogP contribution is -2.32. The lowest BCUT2D eigenvalue weighted by Gasteiger charge is -2.03. The van der Waals surface area contributed by atoms with Gasteiger partial charge in [-0.2, -0.15) is 4.73 Å². The Labute approximate surface area is 128 Å². The van der Waals surface area contributed by atoms with Gasteiger partial charge in [-0.3, -0.25) is 4.79 Å². The molecule has 0 fully saturated rings. The lowest BCUT2D eigenvalue weighted by molar-refractivity contribution is -0.580. The first kappa shape index (κ1) is 15.6. The zero-order chi connectivity index (χ0) is 15.2. The van der Waals surface area contributed by atoms with Crippen LogP contribution in [0.3, 0.4) is 0 Å². The van der Waals surface area contributed by atoms with Crippen molar-refractivity contribution >= 4 is 27.5 Å². The first-order valence-electron chi connectivity index (χ1n) is 7.11. The molecule has 0 bridgehead atoms. The van der Waals surface area contributed by atoms with Crippen LogP contribution < -0.4 is 14.8 Å². The zero-order valence-corrected chi connectivity index (χ0v) is 13.2. The quantitative estimate of drug-likeness (QED) is 0.631. The molecule has 114 valence electrons. The van der Waals surface area contributed by atoms with Gasteiger partial charge >= 0.3 is 0 Å². The number of fused-ring (bicyclic) bond motifs is 1. The highest BCUT2D eigenvalue weighted by molar-refractivity contribution is 7.18. The number of methoxy groups -OCH3 is 1. The molecule has 0 unspecified atom stereocenters. The molecule has 1 aromatic heterocycles. The molecular weight excluding hydrogens is 288 g/mol. The Morgan fingerprint density at radius 3 is 3.00 bits per heavy atom. The Hall–Kier alpha value is -1.82. The number of ether oxygens (including phenoxy) is 1. The van der Waals surface area contributed by atoms with E-state index in [1.165, 1.54) is 11.3 Å². The fourth-order valence-corrected chi connectivity index (χ4v) is 3.13. The third-order valence-electron chi connectivity index (χ3n) is 3.26. The molecule has 6 heteroatoms. The molecule has 1 N–H and O–H groups in total. The Morgan fingerprint density at radius 1 is 1.48 bits per heavy atom. The van der Waals surface area contributed by atoms with Crippen LogP contribution in [0.2, 0.25) is 0 Å². The Kier molecular flexibility index (Phi) is 5.38. The molecule has 0 radical (unpaired) electrons. The third-order valence-corrected chi connectivity index (χ3v) is 4.41. The molecule has 2 rings (SSSR count). The number of carbonyl (C=O) groups is 1. The van der Waals surface area contributed by atoms with E-state index in [0.717, 1.165) is 28.0 Å². The second kappa shape index (κ2) is 7.26. The van der Waals surface area contributed by atoms with Gasteiger partial charge in [-0.1, -0.05) is 24.7 Å². The van der Waals surface area contributed by atoms with Crippen LogP contribution in [-0.4, -0.2) is 19.6 Å². The van der Waals surface area contributed by atoms with E-state index >= 15 is 0 Å². The van der Waals surface area contributed by atoms with E-state index in [4.69, 9.17) is 4.74 Å². The molecule has 1 heterocycles. The van der Waals surface area contributed by atoms with Gasteiger partial charge < -0.3 is 15.3 Å². The van der Waals surface area contributed by atoms with Crippen molar-refractivity contribution < 1.29 is 14.3 Å². The van der Waals surface area contributed by atoms with Crippen LogP contribution in [0.4, 0.5) is 0 Å². The zero-order valence-electron chi connectivity index (χ0n) is 12.3. The summed E-state index contributed by atoms with van der Waals surface area (Å²) in [7, 11) is 1.60. The smallest absolute Gasteiger partial charge is 0.251 e. The predicted octanol–water partition coefficient (Wildman–Crippen LogP) is 2.39. The number of benzene rings is 1. The number of nitrogens with one attached hydrogen (secondary N) is 1. The highest BCUT2D eigenvalue weighted by Gasteiger charge is 2.16. The molecule has 1 aromatic carbocycles. The van der Waals surface area contributed by atoms with Gasteiger partial charge in [-0.15, -0.1) is 0 Å². The van der Waals surface area contributed by atoms with Crippen LogP contribution in [0, 0.1) is 5.21 Å². The van der Waals surface area contributed by atoms with E-state index in [1.807, 2.05) is 6.07 Å². The number of unbranched alkanes of at least 4 members (excludes halogenated alkanes) is 1. The monoisotopic (exact) mass is 308 g/mol. The largest absolute Gasteiger partial charge is 0.617 e. The summed E-state index contributed by atoms with van der Waals surface area (Å²) in [4.78, 5) is 11.5. The first-order chi connectivity index (χ1) is 10.2. The fraction of sp³-hybridized carbons (Fsp3) is 0.467. The van der Waals surface area contributed by atoms with Gasteiger partial charge in [0.2, 0.25) is 11.4 Å². The van der Waals surface area contributed by atoms with Gasteiger partial charge in [0, 0.05) is 25.1 Å². The fourth-order valence-electron chi connectivity index (χ4n) is 2.06. The normalized spacial score (nSPS) is 10.8. The van der Waals surface area contributed by atoms with Crippen molar-refractivity contribution in [1.29, 1.82) is 0 Å². The summed E-state index contributed by atoms with van der Waals surface area (Å²) in [6.45, 7) is 2.55. The molecule has 0 saturated carbocycles.